The SMILES string of the molecule is CCN(C(C)COC)C1CCC(N)(C(=O)O)C1. The van der Waals surface area contributed by atoms with Gasteiger partial charge in [-0.3, -0.25) is 9.69 Å². The van der Waals surface area contributed by atoms with Gasteiger partial charge in [-0.15, -0.1) is 0 Å². The van der Waals surface area contributed by atoms with E-state index in [2.05, 4.69) is 18.7 Å². The molecule has 0 heterocycles. The summed E-state index contributed by atoms with van der Waals surface area (Å²) in [5.41, 5.74) is 4.86. The lowest BCUT2D eigenvalue weighted by molar-refractivity contribution is -0.143. The van der Waals surface area contributed by atoms with Crippen LogP contribution in [-0.2, 0) is 9.53 Å². The van der Waals surface area contributed by atoms with E-state index in [4.69, 9.17) is 15.6 Å². The molecule has 0 aromatic carbocycles. The van der Waals surface area contributed by atoms with E-state index in [0.29, 0.717) is 25.5 Å². The van der Waals surface area contributed by atoms with E-state index in [1.54, 1.807) is 7.11 Å². The van der Waals surface area contributed by atoms with E-state index in [1.165, 1.54) is 0 Å². The standard InChI is InChI=1S/C12H24N2O3/c1-4-14(9(2)8-17-3)10-5-6-12(13,7-10)11(15)16/h9-10H,4-8,13H2,1-3H3,(H,15,16). The van der Waals surface area contributed by atoms with E-state index in [0.717, 1.165) is 13.0 Å². The Morgan fingerprint density at radius 3 is 2.76 bits per heavy atom. The Morgan fingerprint density at radius 2 is 2.35 bits per heavy atom. The van der Waals surface area contributed by atoms with Gasteiger partial charge in [-0.2, -0.15) is 0 Å². The van der Waals surface area contributed by atoms with Crippen molar-refractivity contribution in [2.75, 3.05) is 20.3 Å². The normalized spacial score (nSPS) is 30.8. The van der Waals surface area contributed by atoms with Gasteiger partial charge in [-0.05, 0) is 32.7 Å². The zero-order valence-corrected chi connectivity index (χ0v) is 11.0. The Morgan fingerprint density at radius 1 is 1.71 bits per heavy atom. The van der Waals surface area contributed by atoms with Crippen LogP contribution < -0.4 is 5.73 Å². The minimum Gasteiger partial charge on any atom is -0.480 e. The van der Waals surface area contributed by atoms with Crippen LogP contribution in [0.4, 0.5) is 0 Å². The van der Waals surface area contributed by atoms with E-state index in [-0.39, 0.29) is 6.04 Å². The Kier molecular flexibility index (Phi) is 4.91. The predicted molar refractivity (Wildman–Crippen MR) is 65.9 cm³/mol. The van der Waals surface area contributed by atoms with Gasteiger partial charge in [0.2, 0.25) is 0 Å². The molecule has 0 aromatic rings. The van der Waals surface area contributed by atoms with Gasteiger partial charge >= 0.3 is 5.97 Å². The number of aliphatic carboxylic acids is 1. The molecule has 3 atom stereocenters. The van der Waals surface area contributed by atoms with Crippen molar-refractivity contribution in [1.29, 1.82) is 0 Å². The number of hydrogen-bond acceptors (Lipinski definition) is 4. The molecule has 0 aliphatic heterocycles. The monoisotopic (exact) mass is 244 g/mol. The molecule has 17 heavy (non-hydrogen) atoms. The Labute approximate surface area is 103 Å². The van der Waals surface area contributed by atoms with Crippen molar-refractivity contribution in [3.05, 3.63) is 0 Å². The third kappa shape index (κ3) is 3.18. The smallest absolute Gasteiger partial charge is 0.323 e. The van der Waals surface area contributed by atoms with Crippen LogP contribution in [0.1, 0.15) is 33.1 Å². The molecule has 0 amide bonds. The quantitative estimate of drug-likeness (QED) is 0.718. The lowest BCUT2D eigenvalue weighted by Gasteiger charge is -2.33. The fraction of sp³-hybridized carbons (Fsp3) is 0.917. The van der Waals surface area contributed by atoms with Crippen molar-refractivity contribution in [2.45, 2.75) is 50.7 Å². The highest BCUT2D eigenvalue weighted by atomic mass is 16.5. The second-order valence-electron chi connectivity index (χ2n) is 4.99. The number of rotatable bonds is 6. The number of carboxylic acids is 1. The van der Waals surface area contributed by atoms with Crippen LogP contribution in [-0.4, -0.2) is 53.9 Å². The summed E-state index contributed by atoms with van der Waals surface area (Å²) in [5.74, 6) is -0.879. The van der Waals surface area contributed by atoms with E-state index in [9.17, 15) is 4.79 Å². The number of methoxy groups -OCH3 is 1. The fourth-order valence-corrected chi connectivity index (χ4v) is 2.79. The third-order valence-electron chi connectivity index (χ3n) is 3.76. The molecule has 100 valence electrons. The van der Waals surface area contributed by atoms with Crippen LogP contribution in [0.15, 0.2) is 0 Å². The summed E-state index contributed by atoms with van der Waals surface area (Å²) in [6.45, 7) is 5.74. The van der Waals surface area contributed by atoms with E-state index in [1.807, 2.05) is 0 Å². The van der Waals surface area contributed by atoms with Gasteiger partial charge in [0, 0.05) is 19.2 Å². The first kappa shape index (κ1) is 14.4. The second kappa shape index (κ2) is 5.80. The van der Waals surface area contributed by atoms with Crippen LogP contribution in [0.2, 0.25) is 0 Å². The molecule has 1 saturated carbocycles. The van der Waals surface area contributed by atoms with Crippen LogP contribution >= 0.6 is 0 Å². The first-order valence-electron chi connectivity index (χ1n) is 6.21. The molecule has 0 bridgehead atoms. The minimum atomic E-state index is -1.04. The summed E-state index contributed by atoms with van der Waals surface area (Å²) in [7, 11) is 1.68. The van der Waals surface area contributed by atoms with Gasteiger partial charge in [0.25, 0.3) is 0 Å². The Balaban J connectivity index is 2.64. The van der Waals surface area contributed by atoms with Gasteiger partial charge < -0.3 is 15.6 Å². The third-order valence-corrected chi connectivity index (χ3v) is 3.76. The molecule has 5 heteroatoms. The summed E-state index contributed by atoms with van der Waals surface area (Å²) in [4.78, 5) is 13.4. The Bertz CT molecular complexity index is 272. The van der Waals surface area contributed by atoms with Crippen LogP contribution in [0.5, 0.6) is 0 Å². The van der Waals surface area contributed by atoms with Gasteiger partial charge in [0.15, 0.2) is 0 Å². The molecule has 1 aliphatic rings. The van der Waals surface area contributed by atoms with Crippen molar-refractivity contribution in [3.8, 4) is 0 Å². The molecule has 1 fully saturated rings. The molecular weight excluding hydrogens is 220 g/mol. The lowest BCUT2D eigenvalue weighted by atomic mass is 9.99. The highest BCUT2D eigenvalue weighted by Gasteiger charge is 2.44. The molecule has 1 aliphatic carbocycles. The van der Waals surface area contributed by atoms with Gasteiger partial charge in [0.1, 0.15) is 5.54 Å². The van der Waals surface area contributed by atoms with Gasteiger partial charge in [-0.25, -0.2) is 0 Å². The number of nitrogens with two attached hydrogens (primary N) is 1. The zero-order chi connectivity index (χ0) is 13.1. The minimum absolute atomic E-state index is 0.256. The molecule has 0 aromatic heterocycles. The maximum absolute atomic E-state index is 11.1. The molecule has 3 N–H and O–H groups in total. The van der Waals surface area contributed by atoms with Crippen molar-refractivity contribution in [2.24, 2.45) is 5.73 Å². The first-order chi connectivity index (χ1) is 7.94. The van der Waals surface area contributed by atoms with Crippen molar-refractivity contribution in [3.63, 3.8) is 0 Å². The number of carbonyl (C=O) groups is 1. The molecule has 5 nitrogen and oxygen atoms in total. The average molecular weight is 244 g/mol. The lowest BCUT2D eigenvalue weighted by Crippen LogP contribution is -2.49. The summed E-state index contributed by atoms with van der Waals surface area (Å²) >= 11 is 0. The highest BCUT2D eigenvalue weighted by molar-refractivity contribution is 5.79. The molecule has 0 spiro atoms. The topological polar surface area (TPSA) is 75.8 Å². The van der Waals surface area contributed by atoms with Crippen LogP contribution in [0.25, 0.3) is 0 Å². The average Bonchev–Trinajstić information content (AvgIpc) is 2.64. The predicted octanol–water partition coefficient (Wildman–Crippen LogP) is 0.678. The van der Waals surface area contributed by atoms with Crippen LogP contribution in [0, 0.1) is 0 Å². The molecule has 1 rings (SSSR count). The fourth-order valence-electron chi connectivity index (χ4n) is 2.79. The van der Waals surface area contributed by atoms with Gasteiger partial charge in [0.05, 0.1) is 6.61 Å². The largest absolute Gasteiger partial charge is 0.480 e. The highest BCUT2D eigenvalue weighted by Crippen LogP contribution is 2.32. The maximum Gasteiger partial charge on any atom is 0.323 e. The van der Waals surface area contributed by atoms with Crippen LogP contribution in [0.3, 0.4) is 0 Å². The number of ether oxygens (including phenoxy) is 1. The summed E-state index contributed by atoms with van der Waals surface area (Å²) in [5, 5.41) is 9.12. The van der Waals surface area contributed by atoms with E-state index >= 15 is 0 Å². The Hall–Kier alpha value is -0.650. The second-order valence-corrected chi connectivity index (χ2v) is 4.99. The van der Waals surface area contributed by atoms with Crippen molar-refractivity contribution >= 4 is 5.97 Å². The maximum atomic E-state index is 11.1. The van der Waals surface area contributed by atoms with Crippen molar-refractivity contribution in [1.82, 2.24) is 4.90 Å². The zero-order valence-electron chi connectivity index (χ0n) is 11.0. The molecule has 0 radical (unpaired) electrons. The summed E-state index contributed by atoms with van der Waals surface area (Å²) in [6.07, 6.45) is 1.94. The molecule has 3 unspecified atom stereocenters. The summed E-state index contributed by atoms with van der Waals surface area (Å²) in [6, 6.07) is 0.553. The number of hydrogen-bond donors (Lipinski definition) is 2. The summed E-state index contributed by atoms with van der Waals surface area (Å²) < 4.78 is 5.16. The molecule has 0 saturated heterocycles. The number of carboxylic acid groups (broad SMARTS) is 1. The number of likely N-dealkylation sites (N-methyl/N-ethyl adjacent to an activating group) is 1. The van der Waals surface area contributed by atoms with E-state index < -0.39 is 11.5 Å². The first-order valence-corrected chi connectivity index (χ1v) is 6.21. The molecular formula is C12H24N2O3. The van der Waals surface area contributed by atoms with Crippen molar-refractivity contribution < 1.29 is 14.6 Å². The van der Waals surface area contributed by atoms with Gasteiger partial charge in [-0.1, -0.05) is 6.92 Å². The number of nitrogens with zero attached hydrogens (tertiary/aromatic N) is 1.